The average Bonchev–Trinajstić information content (AvgIpc) is 2.28. The molecule has 0 N–H and O–H groups in total. The number of carbonyl (C=O) groups is 1. The second kappa shape index (κ2) is 3.85. The van der Waals surface area contributed by atoms with Gasteiger partial charge in [0.2, 0.25) is 0 Å². The van der Waals surface area contributed by atoms with E-state index in [2.05, 4.69) is 6.92 Å². The molecule has 0 aromatic rings. The van der Waals surface area contributed by atoms with E-state index in [-0.39, 0.29) is 0 Å². The molecule has 0 radical (unpaired) electrons. The number of Topliss-reactive ketones (excluding diaryl/α,β-unsaturated/α-hetero) is 1. The SMILES string of the molecule is C[C@]12CCCC[C@@H]1CC[C@H]1CC(=O)CC[C@@H]12. The number of ketones is 1. The second-order valence-corrected chi connectivity index (χ2v) is 6.67. The summed E-state index contributed by atoms with van der Waals surface area (Å²) >= 11 is 0. The number of fused-ring (bicyclic) bond motifs is 3. The van der Waals surface area contributed by atoms with Gasteiger partial charge in [0.15, 0.2) is 0 Å². The molecule has 4 atom stereocenters. The van der Waals surface area contributed by atoms with E-state index in [4.69, 9.17) is 0 Å². The van der Waals surface area contributed by atoms with Crippen LogP contribution in [0.3, 0.4) is 0 Å². The van der Waals surface area contributed by atoms with Crippen LogP contribution in [0, 0.1) is 23.2 Å². The Morgan fingerprint density at radius 1 is 1.12 bits per heavy atom. The summed E-state index contributed by atoms with van der Waals surface area (Å²) in [7, 11) is 0. The lowest BCUT2D eigenvalue weighted by atomic mass is 9.50. The van der Waals surface area contributed by atoms with E-state index in [0.717, 1.165) is 30.6 Å². The summed E-state index contributed by atoms with van der Waals surface area (Å²) in [5.41, 5.74) is 0.599. The van der Waals surface area contributed by atoms with Crippen LogP contribution in [0.5, 0.6) is 0 Å². The maximum atomic E-state index is 11.6. The fourth-order valence-corrected chi connectivity index (χ4v) is 5.07. The molecular formula is C15H24O. The molecular weight excluding hydrogens is 196 g/mol. The Morgan fingerprint density at radius 2 is 2.00 bits per heavy atom. The lowest BCUT2D eigenvalue weighted by Crippen LogP contribution is -2.47. The highest BCUT2D eigenvalue weighted by Gasteiger charge is 2.50. The first-order valence-corrected chi connectivity index (χ1v) is 7.22. The minimum absolute atomic E-state index is 0.541. The first-order chi connectivity index (χ1) is 7.70. The minimum Gasteiger partial charge on any atom is -0.300 e. The molecule has 0 aromatic heterocycles. The Hall–Kier alpha value is -0.330. The molecule has 0 heterocycles. The van der Waals surface area contributed by atoms with Crippen molar-refractivity contribution >= 4 is 5.78 Å². The fourth-order valence-electron chi connectivity index (χ4n) is 5.07. The van der Waals surface area contributed by atoms with Gasteiger partial charge in [0, 0.05) is 12.8 Å². The molecule has 1 heteroatoms. The predicted molar refractivity (Wildman–Crippen MR) is 65.1 cm³/mol. The highest BCUT2D eigenvalue weighted by atomic mass is 16.1. The number of hydrogen-bond acceptors (Lipinski definition) is 1. The van der Waals surface area contributed by atoms with E-state index in [0.29, 0.717) is 11.2 Å². The van der Waals surface area contributed by atoms with Crippen molar-refractivity contribution in [3.8, 4) is 0 Å². The molecule has 0 spiro atoms. The van der Waals surface area contributed by atoms with Gasteiger partial charge in [-0.15, -0.1) is 0 Å². The van der Waals surface area contributed by atoms with Crippen LogP contribution in [0.2, 0.25) is 0 Å². The summed E-state index contributed by atoms with van der Waals surface area (Å²) in [5, 5.41) is 0. The van der Waals surface area contributed by atoms with E-state index in [9.17, 15) is 4.79 Å². The van der Waals surface area contributed by atoms with Crippen molar-refractivity contribution in [2.24, 2.45) is 23.2 Å². The lowest BCUT2D eigenvalue weighted by molar-refractivity contribution is -0.129. The molecule has 0 aliphatic heterocycles. The van der Waals surface area contributed by atoms with Gasteiger partial charge in [0.25, 0.3) is 0 Å². The molecule has 1 nitrogen and oxygen atoms in total. The van der Waals surface area contributed by atoms with E-state index in [1.54, 1.807) is 0 Å². The van der Waals surface area contributed by atoms with Gasteiger partial charge in [0.1, 0.15) is 5.78 Å². The molecule has 3 rings (SSSR count). The van der Waals surface area contributed by atoms with Gasteiger partial charge in [-0.2, -0.15) is 0 Å². The van der Waals surface area contributed by atoms with Crippen LogP contribution in [-0.2, 0) is 4.79 Å². The zero-order valence-corrected chi connectivity index (χ0v) is 10.5. The van der Waals surface area contributed by atoms with Gasteiger partial charge in [-0.3, -0.25) is 4.79 Å². The predicted octanol–water partition coefficient (Wildman–Crippen LogP) is 3.96. The molecule has 0 bridgehead atoms. The maximum absolute atomic E-state index is 11.6. The van der Waals surface area contributed by atoms with E-state index < -0.39 is 0 Å². The Morgan fingerprint density at radius 3 is 2.88 bits per heavy atom. The maximum Gasteiger partial charge on any atom is 0.133 e. The smallest absolute Gasteiger partial charge is 0.133 e. The van der Waals surface area contributed by atoms with Crippen molar-refractivity contribution in [3.05, 3.63) is 0 Å². The Kier molecular flexibility index (Phi) is 2.60. The van der Waals surface area contributed by atoms with Crippen LogP contribution < -0.4 is 0 Å². The van der Waals surface area contributed by atoms with Crippen molar-refractivity contribution in [3.63, 3.8) is 0 Å². The molecule has 0 saturated heterocycles. The van der Waals surface area contributed by atoms with Gasteiger partial charge in [-0.25, -0.2) is 0 Å². The first kappa shape index (κ1) is 10.8. The standard InChI is InChI=1S/C15H24O/c1-15-9-3-2-4-12(15)6-5-11-10-13(16)7-8-14(11)15/h11-12,14H,2-10H2,1H3/t11-,12+,14-,15-/m0/s1. The van der Waals surface area contributed by atoms with Crippen molar-refractivity contribution in [1.82, 2.24) is 0 Å². The van der Waals surface area contributed by atoms with Crippen LogP contribution in [0.25, 0.3) is 0 Å². The third-order valence-electron chi connectivity index (χ3n) is 5.98. The highest BCUT2D eigenvalue weighted by Crippen LogP contribution is 2.58. The highest BCUT2D eigenvalue weighted by molar-refractivity contribution is 5.79. The van der Waals surface area contributed by atoms with Crippen molar-refractivity contribution in [1.29, 1.82) is 0 Å². The quantitative estimate of drug-likeness (QED) is 0.604. The van der Waals surface area contributed by atoms with Crippen LogP contribution in [0.15, 0.2) is 0 Å². The molecule has 0 amide bonds. The fraction of sp³-hybridized carbons (Fsp3) is 0.933. The Bertz CT molecular complexity index is 296. The number of carbonyl (C=O) groups excluding carboxylic acids is 1. The summed E-state index contributed by atoms with van der Waals surface area (Å²) in [6, 6.07) is 0. The largest absolute Gasteiger partial charge is 0.300 e. The number of hydrogen-bond donors (Lipinski definition) is 0. The molecule has 3 saturated carbocycles. The molecule has 90 valence electrons. The van der Waals surface area contributed by atoms with E-state index in [1.165, 1.54) is 44.9 Å². The van der Waals surface area contributed by atoms with Crippen molar-refractivity contribution < 1.29 is 4.79 Å². The van der Waals surface area contributed by atoms with Crippen LogP contribution >= 0.6 is 0 Å². The molecule has 0 unspecified atom stereocenters. The van der Waals surface area contributed by atoms with Crippen LogP contribution in [0.1, 0.15) is 64.7 Å². The van der Waals surface area contributed by atoms with Crippen LogP contribution in [-0.4, -0.2) is 5.78 Å². The van der Waals surface area contributed by atoms with Crippen molar-refractivity contribution in [2.45, 2.75) is 64.7 Å². The Balaban J connectivity index is 1.84. The first-order valence-electron chi connectivity index (χ1n) is 7.22. The minimum atomic E-state index is 0.541. The topological polar surface area (TPSA) is 17.1 Å². The monoisotopic (exact) mass is 220 g/mol. The third kappa shape index (κ3) is 1.55. The summed E-state index contributed by atoms with van der Waals surface area (Å²) in [5.74, 6) is 3.15. The Labute approximate surface area is 99.0 Å². The van der Waals surface area contributed by atoms with E-state index >= 15 is 0 Å². The summed E-state index contributed by atoms with van der Waals surface area (Å²) in [4.78, 5) is 11.6. The van der Waals surface area contributed by atoms with Gasteiger partial charge < -0.3 is 0 Å². The zero-order valence-electron chi connectivity index (χ0n) is 10.5. The van der Waals surface area contributed by atoms with Crippen molar-refractivity contribution in [2.75, 3.05) is 0 Å². The zero-order chi connectivity index (χ0) is 11.2. The van der Waals surface area contributed by atoms with E-state index in [1.807, 2.05) is 0 Å². The molecule has 3 aliphatic rings. The summed E-state index contributed by atoms with van der Waals surface area (Å²) in [6.07, 6.45) is 11.5. The molecule has 3 aliphatic carbocycles. The third-order valence-corrected chi connectivity index (χ3v) is 5.98. The van der Waals surface area contributed by atoms with Gasteiger partial charge in [-0.05, 0) is 55.3 Å². The normalized spacial score (nSPS) is 48.3. The molecule has 3 fully saturated rings. The summed E-state index contributed by atoms with van der Waals surface area (Å²) < 4.78 is 0. The summed E-state index contributed by atoms with van der Waals surface area (Å²) in [6.45, 7) is 2.55. The van der Waals surface area contributed by atoms with Gasteiger partial charge >= 0.3 is 0 Å². The molecule has 16 heavy (non-hydrogen) atoms. The van der Waals surface area contributed by atoms with Gasteiger partial charge in [-0.1, -0.05) is 19.8 Å². The van der Waals surface area contributed by atoms with Gasteiger partial charge in [0.05, 0.1) is 0 Å². The molecule has 0 aromatic carbocycles. The second-order valence-electron chi connectivity index (χ2n) is 6.67. The number of rotatable bonds is 0. The lowest BCUT2D eigenvalue weighted by Gasteiger charge is -2.55. The average molecular weight is 220 g/mol. The van der Waals surface area contributed by atoms with Crippen LogP contribution in [0.4, 0.5) is 0 Å².